The van der Waals surface area contributed by atoms with Crippen molar-refractivity contribution in [3.8, 4) is 6.07 Å². The molecule has 0 saturated heterocycles. The monoisotopic (exact) mass is 213 g/mol. The van der Waals surface area contributed by atoms with Crippen molar-refractivity contribution in [1.82, 2.24) is 0 Å². The average molecular weight is 213 g/mol. The number of nitrogens with zero attached hydrogens (tertiary/aromatic N) is 1. The van der Waals surface area contributed by atoms with Crippen molar-refractivity contribution in [2.24, 2.45) is 5.41 Å². The van der Waals surface area contributed by atoms with Crippen LogP contribution in [0.5, 0.6) is 0 Å². The molecular formula is C11H10F3N. The summed E-state index contributed by atoms with van der Waals surface area (Å²) in [5.74, 6) is -3.14. The minimum absolute atomic E-state index is 0.0143. The van der Waals surface area contributed by atoms with E-state index in [0.717, 1.165) is 6.07 Å². The van der Waals surface area contributed by atoms with E-state index in [4.69, 9.17) is 5.26 Å². The van der Waals surface area contributed by atoms with Gasteiger partial charge in [0, 0.05) is 6.07 Å². The minimum atomic E-state index is -1.22. The van der Waals surface area contributed by atoms with E-state index in [1.807, 2.05) is 6.07 Å². The van der Waals surface area contributed by atoms with Crippen LogP contribution in [0.25, 0.3) is 0 Å². The third kappa shape index (κ3) is 2.72. The van der Waals surface area contributed by atoms with Crippen LogP contribution in [0, 0.1) is 34.2 Å². The highest BCUT2D eigenvalue weighted by Gasteiger charge is 2.21. The normalized spacial score (nSPS) is 11.2. The van der Waals surface area contributed by atoms with Crippen molar-refractivity contribution in [3.05, 3.63) is 35.1 Å². The van der Waals surface area contributed by atoms with Crippen LogP contribution in [0.1, 0.15) is 19.4 Å². The van der Waals surface area contributed by atoms with Gasteiger partial charge in [0.1, 0.15) is 5.82 Å². The molecule has 0 fully saturated rings. The fraction of sp³-hybridized carbons (Fsp3) is 0.364. The number of rotatable bonds is 2. The highest BCUT2D eigenvalue weighted by atomic mass is 19.2. The molecule has 0 amide bonds. The van der Waals surface area contributed by atoms with Crippen LogP contribution in [0.4, 0.5) is 13.2 Å². The number of hydrogen-bond donors (Lipinski definition) is 0. The Kier molecular flexibility index (Phi) is 3.04. The van der Waals surface area contributed by atoms with Crippen LogP contribution in [0.15, 0.2) is 12.1 Å². The zero-order valence-electron chi connectivity index (χ0n) is 8.44. The molecule has 0 saturated carbocycles. The zero-order chi connectivity index (χ0) is 11.6. The first-order valence-corrected chi connectivity index (χ1v) is 4.40. The van der Waals surface area contributed by atoms with E-state index in [0.29, 0.717) is 6.07 Å². The van der Waals surface area contributed by atoms with Gasteiger partial charge in [-0.1, -0.05) is 0 Å². The van der Waals surface area contributed by atoms with Gasteiger partial charge < -0.3 is 0 Å². The van der Waals surface area contributed by atoms with Gasteiger partial charge in [-0.25, -0.2) is 13.2 Å². The van der Waals surface area contributed by atoms with Gasteiger partial charge in [0.2, 0.25) is 0 Å². The van der Waals surface area contributed by atoms with Gasteiger partial charge in [-0.3, -0.25) is 0 Å². The first-order valence-electron chi connectivity index (χ1n) is 4.40. The van der Waals surface area contributed by atoms with E-state index in [9.17, 15) is 13.2 Å². The van der Waals surface area contributed by atoms with Crippen LogP contribution < -0.4 is 0 Å². The summed E-state index contributed by atoms with van der Waals surface area (Å²) < 4.78 is 38.6. The highest BCUT2D eigenvalue weighted by molar-refractivity contribution is 5.22. The Labute approximate surface area is 86.1 Å². The van der Waals surface area contributed by atoms with Crippen molar-refractivity contribution >= 4 is 0 Å². The van der Waals surface area contributed by atoms with Crippen molar-refractivity contribution in [3.63, 3.8) is 0 Å². The Hall–Kier alpha value is -1.50. The second-order valence-electron chi connectivity index (χ2n) is 4.03. The molecule has 0 spiro atoms. The minimum Gasteiger partial charge on any atom is -0.207 e. The van der Waals surface area contributed by atoms with Crippen LogP contribution in [-0.2, 0) is 6.42 Å². The number of halogens is 3. The summed E-state index contributed by atoms with van der Waals surface area (Å²) in [4.78, 5) is 0. The quantitative estimate of drug-likeness (QED) is 0.692. The lowest BCUT2D eigenvalue weighted by Gasteiger charge is -2.15. The summed E-state index contributed by atoms with van der Waals surface area (Å²) in [6.07, 6.45) is 0.0481. The van der Waals surface area contributed by atoms with Gasteiger partial charge in [0.25, 0.3) is 0 Å². The van der Waals surface area contributed by atoms with Gasteiger partial charge >= 0.3 is 0 Å². The number of nitriles is 1. The lowest BCUT2D eigenvalue weighted by molar-refractivity contribution is 0.457. The zero-order valence-corrected chi connectivity index (χ0v) is 8.44. The molecule has 1 aromatic rings. The van der Waals surface area contributed by atoms with Gasteiger partial charge in [-0.05, 0) is 31.9 Å². The second kappa shape index (κ2) is 3.93. The van der Waals surface area contributed by atoms with Gasteiger partial charge in [-0.15, -0.1) is 0 Å². The van der Waals surface area contributed by atoms with Crippen molar-refractivity contribution in [2.45, 2.75) is 20.3 Å². The Bertz CT molecular complexity index is 419. The lowest BCUT2D eigenvalue weighted by atomic mass is 9.87. The summed E-state index contributed by atoms with van der Waals surface area (Å²) >= 11 is 0. The van der Waals surface area contributed by atoms with Crippen molar-refractivity contribution < 1.29 is 13.2 Å². The lowest BCUT2D eigenvalue weighted by Crippen LogP contribution is -2.13. The fourth-order valence-electron chi connectivity index (χ4n) is 1.21. The Morgan fingerprint density at radius 1 is 1.13 bits per heavy atom. The first kappa shape index (κ1) is 11.6. The van der Waals surface area contributed by atoms with Crippen molar-refractivity contribution in [2.75, 3.05) is 0 Å². The molecule has 0 aliphatic carbocycles. The Balaban J connectivity index is 3.07. The molecule has 1 aromatic carbocycles. The molecule has 0 heterocycles. The van der Waals surface area contributed by atoms with E-state index < -0.39 is 22.9 Å². The van der Waals surface area contributed by atoms with Crippen molar-refractivity contribution in [1.29, 1.82) is 5.26 Å². The van der Waals surface area contributed by atoms with E-state index in [2.05, 4.69) is 0 Å². The number of hydrogen-bond acceptors (Lipinski definition) is 1. The molecular weight excluding hydrogens is 203 g/mol. The maximum Gasteiger partial charge on any atom is 0.161 e. The third-order valence-corrected chi connectivity index (χ3v) is 2.02. The SMILES string of the molecule is CC(C)(C#N)Cc1cc(F)c(F)cc1F. The summed E-state index contributed by atoms with van der Waals surface area (Å²) in [7, 11) is 0. The van der Waals surface area contributed by atoms with Crippen LogP contribution in [0.3, 0.4) is 0 Å². The molecule has 0 atom stereocenters. The molecule has 4 heteroatoms. The summed E-state index contributed by atoms with van der Waals surface area (Å²) in [5.41, 5.74) is -0.786. The second-order valence-corrected chi connectivity index (χ2v) is 4.03. The van der Waals surface area contributed by atoms with Crippen LogP contribution >= 0.6 is 0 Å². The third-order valence-electron chi connectivity index (χ3n) is 2.02. The maximum absolute atomic E-state index is 13.2. The van der Waals surface area contributed by atoms with Gasteiger partial charge in [0.05, 0.1) is 11.5 Å². The summed E-state index contributed by atoms with van der Waals surface area (Å²) in [6.45, 7) is 3.21. The predicted molar refractivity (Wildman–Crippen MR) is 49.4 cm³/mol. The van der Waals surface area contributed by atoms with Gasteiger partial charge in [0.15, 0.2) is 11.6 Å². The molecule has 0 radical (unpaired) electrons. The number of benzene rings is 1. The Morgan fingerprint density at radius 3 is 2.20 bits per heavy atom. The molecule has 0 unspecified atom stereocenters. The topological polar surface area (TPSA) is 23.8 Å². The van der Waals surface area contributed by atoms with Crippen LogP contribution in [0.2, 0.25) is 0 Å². The maximum atomic E-state index is 13.2. The molecule has 80 valence electrons. The summed E-state index contributed by atoms with van der Waals surface area (Å²) in [5, 5.41) is 8.73. The van der Waals surface area contributed by atoms with E-state index in [1.54, 1.807) is 13.8 Å². The molecule has 0 N–H and O–H groups in total. The van der Waals surface area contributed by atoms with E-state index >= 15 is 0 Å². The standard InChI is InChI=1S/C11H10F3N/c1-11(2,6-15)5-7-3-9(13)10(14)4-8(7)12/h3-4H,5H2,1-2H3. The highest BCUT2D eigenvalue weighted by Crippen LogP contribution is 2.23. The molecule has 1 nitrogen and oxygen atoms in total. The van der Waals surface area contributed by atoms with E-state index in [-0.39, 0.29) is 12.0 Å². The van der Waals surface area contributed by atoms with Gasteiger partial charge in [-0.2, -0.15) is 5.26 Å². The first-order chi connectivity index (χ1) is 6.85. The molecule has 15 heavy (non-hydrogen) atoms. The smallest absolute Gasteiger partial charge is 0.161 e. The predicted octanol–water partition coefficient (Wildman–Crippen LogP) is 3.20. The summed E-state index contributed by atoms with van der Waals surface area (Å²) in [6, 6.07) is 3.26. The van der Waals surface area contributed by atoms with Crippen LogP contribution in [-0.4, -0.2) is 0 Å². The average Bonchev–Trinajstić information content (AvgIpc) is 2.14. The fourth-order valence-corrected chi connectivity index (χ4v) is 1.21. The van der Waals surface area contributed by atoms with E-state index in [1.165, 1.54) is 0 Å². The molecule has 0 bridgehead atoms. The molecule has 0 aromatic heterocycles. The molecule has 0 aliphatic rings. The Morgan fingerprint density at radius 2 is 1.67 bits per heavy atom. The largest absolute Gasteiger partial charge is 0.207 e. The molecule has 1 rings (SSSR count). The molecule has 0 aliphatic heterocycles.